The fourth-order valence-electron chi connectivity index (χ4n) is 3.66. The SMILES string of the molecule is COc1cc2c(cc1C)C(=Cc1cccc(NS(C)(=O)=O)c1)c1ccccc1CO2. The molecule has 0 bridgehead atoms. The van der Waals surface area contributed by atoms with E-state index in [-0.39, 0.29) is 0 Å². The van der Waals surface area contributed by atoms with Crippen LogP contribution in [0.1, 0.15) is 27.8 Å². The molecule has 0 unspecified atom stereocenters. The minimum atomic E-state index is -3.35. The molecule has 1 aliphatic heterocycles. The van der Waals surface area contributed by atoms with Gasteiger partial charge >= 0.3 is 0 Å². The zero-order valence-corrected chi connectivity index (χ0v) is 17.9. The number of hydrogen-bond donors (Lipinski definition) is 1. The van der Waals surface area contributed by atoms with Crippen LogP contribution in [0.2, 0.25) is 0 Å². The molecular weight excluding hydrogens is 398 g/mol. The summed E-state index contributed by atoms with van der Waals surface area (Å²) in [5, 5.41) is 0. The van der Waals surface area contributed by atoms with Gasteiger partial charge in [-0.2, -0.15) is 0 Å². The van der Waals surface area contributed by atoms with Crippen molar-refractivity contribution in [3.8, 4) is 11.5 Å². The predicted octanol–water partition coefficient (Wildman–Crippen LogP) is 4.86. The number of methoxy groups -OCH3 is 1. The Morgan fingerprint density at radius 2 is 1.83 bits per heavy atom. The minimum absolute atomic E-state index is 0.461. The van der Waals surface area contributed by atoms with Crippen molar-refractivity contribution >= 4 is 27.4 Å². The molecule has 0 radical (unpaired) electrons. The fraction of sp³-hybridized carbons (Fsp3) is 0.167. The van der Waals surface area contributed by atoms with E-state index in [1.807, 2.05) is 43.3 Å². The summed E-state index contributed by atoms with van der Waals surface area (Å²) >= 11 is 0. The number of benzene rings is 3. The number of hydrogen-bond acceptors (Lipinski definition) is 4. The Bertz CT molecular complexity index is 1250. The van der Waals surface area contributed by atoms with Crippen LogP contribution in [0.25, 0.3) is 11.6 Å². The van der Waals surface area contributed by atoms with Crippen LogP contribution in [0.5, 0.6) is 11.5 Å². The summed E-state index contributed by atoms with van der Waals surface area (Å²) in [5.41, 5.74) is 6.58. The normalized spacial score (nSPS) is 14.3. The molecule has 1 heterocycles. The summed E-state index contributed by atoms with van der Waals surface area (Å²) in [6.45, 7) is 2.46. The van der Waals surface area contributed by atoms with Gasteiger partial charge in [-0.05, 0) is 59.0 Å². The number of fused-ring (bicyclic) bond motifs is 2. The number of anilines is 1. The molecule has 154 valence electrons. The lowest BCUT2D eigenvalue weighted by Gasteiger charge is -2.14. The van der Waals surface area contributed by atoms with E-state index < -0.39 is 10.0 Å². The van der Waals surface area contributed by atoms with Crippen LogP contribution < -0.4 is 14.2 Å². The van der Waals surface area contributed by atoms with Gasteiger partial charge in [0.1, 0.15) is 18.1 Å². The molecule has 4 rings (SSSR count). The van der Waals surface area contributed by atoms with Gasteiger partial charge in [-0.15, -0.1) is 0 Å². The van der Waals surface area contributed by atoms with Crippen molar-refractivity contribution < 1.29 is 17.9 Å². The van der Waals surface area contributed by atoms with Gasteiger partial charge in [0.2, 0.25) is 10.0 Å². The molecule has 0 amide bonds. The van der Waals surface area contributed by atoms with Crippen LogP contribution >= 0.6 is 0 Å². The van der Waals surface area contributed by atoms with Crippen molar-refractivity contribution in [1.29, 1.82) is 0 Å². The predicted molar refractivity (Wildman–Crippen MR) is 120 cm³/mol. The molecule has 0 atom stereocenters. The van der Waals surface area contributed by atoms with Crippen LogP contribution in [0, 0.1) is 6.92 Å². The summed E-state index contributed by atoms with van der Waals surface area (Å²) in [6.07, 6.45) is 3.20. The zero-order chi connectivity index (χ0) is 21.3. The van der Waals surface area contributed by atoms with Gasteiger partial charge < -0.3 is 9.47 Å². The quantitative estimate of drug-likeness (QED) is 0.654. The first-order chi connectivity index (χ1) is 14.3. The monoisotopic (exact) mass is 421 g/mol. The van der Waals surface area contributed by atoms with Gasteiger partial charge in [-0.3, -0.25) is 4.72 Å². The van der Waals surface area contributed by atoms with E-state index in [0.29, 0.717) is 12.3 Å². The van der Waals surface area contributed by atoms with Crippen molar-refractivity contribution in [2.24, 2.45) is 0 Å². The second-order valence-corrected chi connectivity index (χ2v) is 9.07. The van der Waals surface area contributed by atoms with E-state index in [4.69, 9.17) is 9.47 Å². The molecule has 1 N–H and O–H groups in total. The maximum atomic E-state index is 11.6. The third-order valence-electron chi connectivity index (χ3n) is 4.98. The topological polar surface area (TPSA) is 64.6 Å². The van der Waals surface area contributed by atoms with Crippen LogP contribution in [0.15, 0.2) is 60.7 Å². The summed E-state index contributed by atoms with van der Waals surface area (Å²) in [4.78, 5) is 0. The van der Waals surface area contributed by atoms with E-state index in [1.165, 1.54) is 0 Å². The maximum absolute atomic E-state index is 11.6. The first kappa shape index (κ1) is 20.0. The molecule has 0 aromatic heterocycles. The molecule has 0 fully saturated rings. The second-order valence-electron chi connectivity index (χ2n) is 7.32. The van der Waals surface area contributed by atoms with Gasteiger partial charge in [-0.1, -0.05) is 36.4 Å². The standard InChI is InChI=1S/C24H23NO4S/c1-16-11-22-21(13-17-7-6-9-19(12-17)25-30(3,26)27)20-10-5-4-8-18(20)15-29-24(22)14-23(16)28-2/h4-14,25H,15H2,1-3H3. The number of nitrogens with one attached hydrogen (secondary N) is 1. The van der Waals surface area contributed by atoms with Gasteiger partial charge in [0.25, 0.3) is 0 Å². The lowest BCUT2D eigenvalue weighted by Crippen LogP contribution is -2.09. The molecule has 5 nitrogen and oxygen atoms in total. The number of aryl methyl sites for hydroxylation is 1. The lowest BCUT2D eigenvalue weighted by atomic mass is 9.91. The molecule has 0 spiro atoms. The highest BCUT2D eigenvalue weighted by molar-refractivity contribution is 7.92. The molecule has 0 saturated carbocycles. The average molecular weight is 422 g/mol. The van der Waals surface area contributed by atoms with Gasteiger partial charge in [-0.25, -0.2) is 8.42 Å². The lowest BCUT2D eigenvalue weighted by molar-refractivity contribution is 0.304. The van der Waals surface area contributed by atoms with Gasteiger partial charge in [0.15, 0.2) is 0 Å². The Kier molecular flexibility index (Phi) is 5.26. The maximum Gasteiger partial charge on any atom is 0.229 e. The molecule has 0 saturated heterocycles. The summed E-state index contributed by atoms with van der Waals surface area (Å²) in [5.74, 6) is 1.53. The molecular formula is C24H23NO4S. The summed E-state index contributed by atoms with van der Waals surface area (Å²) in [6, 6.07) is 19.5. The highest BCUT2D eigenvalue weighted by Gasteiger charge is 2.21. The van der Waals surface area contributed by atoms with Crippen molar-refractivity contribution in [2.45, 2.75) is 13.5 Å². The third kappa shape index (κ3) is 4.19. The first-order valence-electron chi connectivity index (χ1n) is 9.54. The van der Waals surface area contributed by atoms with E-state index in [0.717, 1.165) is 51.1 Å². The molecule has 3 aromatic rings. The Labute approximate surface area is 177 Å². The van der Waals surface area contributed by atoms with Crippen LogP contribution in [0.4, 0.5) is 5.69 Å². The second kappa shape index (κ2) is 7.88. The average Bonchev–Trinajstić information content (AvgIpc) is 2.84. The van der Waals surface area contributed by atoms with Crippen molar-refractivity contribution in [1.82, 2.24) is 0 Å². The molecule has 6 heteroatoms. The summed E-state index contributed by atoms with van der Waals surface area (Å²) in [7, 11) is -1.70. The van der Waals surface area contributed by atoms with E-state index in [1.54, 1.807) is 13.2 Å². The Morgan fingerprint density at radius 3 is 2.60 bits per heavy atom. The number of rotatable bonds is 4. The molecule has 30 heavy (non-hydrogen) atoms. The largest absolute Gasteiger partial charge is 0.496 e. The molecule has 1 aliphatic rings. The highest BCUT2D eigenvalue weighted by Crippen LogP contribution is 2.41. The number of sulfonamides is 1. The van der Waals surface area contributed by atoms with Gasteiger partial charge in [0.05, 0.1) is 13.4 Å². The van der Waals surface area contributed by atoms with Crippen molar-refractivity contribution in [2.75, 3.05) is 18.1 Å². The van der Waals surface area contributed by atoms with Crippen molar-refractivity contribution in [3.05, 3.63) is 88.5 Å². The Hall–Kier alpha value is -3.25. The highest BCUT2D eigenvalue weighted by atomic mass is 32.2. The van der Waals surface area contributed by atoms with Crippen LogP contribution in [-0.4, -0.2) is 21.8 Å². The van der Waals surface area contributed by atoms with Gasteiger partial charge in [0, 0.05) is 17.3 Å². The molecule has 0 aliphatic carbocycles. The van der Waals surface area contributed by atoms with Crippen molar-refractivity contribution in [3.63, 3.8) is 0 Å². The van der Waals surface area contributed by atoms with E-state index in [2.05, 4.69) is 29.0 Å². The van der Waals surface area contributed by atoms with Crippen LogP contribution in [0.3, 0.4) is 0 Å². The number of ether oxygens (including phenoxy) is 2. The smallest absolute Gasteiger partial charge is 0.229 e. The summed E-state index contributed by atoms with van der Waals surface area (Å²) < 4.78 is 37.4. The third-order valence-corrected chi connectivity index (χ3v) is 5.59. The Morgan fingerprint density at radius 1 is 1.03 bits per heavy atom. The molecule has 3 aromatic carbocycles. The van der Waals surface area contributed by atoms with E-state index >= 15 is 0 Å². The Balaban J connectivity index is 1.90. The fourth-order valence-corrected chi connectivity index (χ4v) is 4.21. The minimum Gasteiger partial charge on any atom is -0.496 e. The van der Waals surface area contributed by atoms with Crippen LogP contribution in [-0.2, 0) is 16.6 Å². The first-order valence-corrected chi connectivity index (χ1v) is 11.4. The zero-order valence-electron chi connectivity index (χ0n) is 17.1. The van der Waals surface area contributed by atoms with E-state index in [9.17, 15) is 8.42 Å².